The third-order valence-electron chi connectivity index (χ3n) is 2.72. The summed E-state index contributed by atoms with van der Waals surface area (Å²) in [6.45, 7) is 7.94. The number of anilines is 2. The van der Waals surface area contributed by atoms with Crippen molar-refractivity contribution < 1.29 is 5.11 Å². The number of aliphatic hydroxyl groups is 1. The highest BCUT2D eigenvalue weighted by Crippen LogP contribution is 2.21. The van der Waals surface area contributed by atoms with E-state index in [1.807, 2.05) is 6.92 Å². The molecule has 18 heavy (non-hydrogen) atoms. The third-order valence-corrected chi connectivity index (χ3v) is 2.72. The molecular formula is C13H24N4O. The summed E-state index contributed by atoms with van der Waals surface area (Å²) in [4.78, 5) is 8.59. The molecule has 0 aliphatic rings. The van der Waals surface area contributed by atoms with E-state index in [4.69, 9.17) is 5.11 Å². The molecule has 5 heteroatoms. The first-order chi connectivity index (χ1) is 8.72. The Morgan fingerprint density at radius 2 is 1.89 bits per heavy atom. The first-order valence-corrected chi connectivity index (χ1v) is 6.65. The van der Waals surface area contributed by atoms with Gasteiger partial charge in [0.2, 0.25) is 0 Å². The van der Waals surface area contributed by atoms with Crippen molar-refractivity contribution in [2.75, 3.05) is 30.3 Å². The first kappa shape index (κ1) is 14.7. The Labute approximate surface area is 109 Å². The van der Waals surface area contributed by atoms with E-state index in [9.17, 15) is 0 Å². The van der Waals surface area contributed by atoms with Gasteiger partial charge in [0.15, 0.2) is 0 Å². The van der Waals surface area contributed by atoms with Crippen molar-refractivity contribution in [3.63, 3.8) is 0 Å². The fourth-order valence-electron chi connectivity index (χ4n) is 1.71. The van der Waals surface area contributed by atoms with Crippen molar-refractivity contribution in [1.82, 2.24) is 9.97 Å². The summed E-state index contributed by atoms with van der Waals surface area (Å²) in [7, 11) is 0. The van der Waals surface area contributed by atoms with Crippen LogP contribution in [0.4, 0.5) is 11.6 Å². The van der Waals surface area contributed by atoms with Gasteiger partial charge in [-0.15, -0.1) is 0 Å². The Kier molecular flexibility index (Phi) is 6.43. The van der Waals surface area contributed by atoms with E-state index in [0.29, 0.717) is 0 Å². The SMILES string of the molecule is CCCc1c(NCC)ncnc1NCC(C)CO. The van der Waals surface area contributed by atoms with E-state index in [1.54, 1.807) is 6.33 Å². The zero-order valence-corrected chi connectivity index (χ0v) is 11.5. The maximum absolute atomic E-state index is 9.04. The number of aliphatic hydroxyl groups excluding tert-OH is 1. The molecule has 0 spiro atoms. The maximum atomic E-state index is 9.04. The van der Waals surface area contributed by atoms with Crippen molar-refractivity contribution in [2.45, 2.75) is 33.6 Å². The molecule has 1 rings (SSSR count). The maximum Gasteiger partial charge on any atom is 0.134 e. The van der Waals surface area contributed by atoms with Gasteiger partial charge in [-0.3, -0.25) is 0 Å². The lowest BCUT2D eigenvalue weighted by Crippen LogP contribution is -2.17. The van der Waals surface area contributed by atoms with Crippen LogP contribution in [0.1, 0.15) is 32.8 Å². The Morgan fingerprint density at radius 3 is 2.44 bits per heavy atom. The van der Waals surface area contributed by atoms with E-state index in [1.165, 1.54) is 0 Å². The van der Waals surface area contributed by atoms with Gasteiger partial charge in [0.1, 0.15) is 18.0 Å². The highest BCUT2D eigenvalue weighted by atomic mass is 16.3. The Hall–Kier alpha value is -1.36. The second-order valence-electron chi connectivity index (χ2n) is 4.50. The van der Waals surface area contributed by atoms with Crippen LogP contribution >= 0.6 is 0 Å². The van der Waals surface area contributed by atoms with Crippen LogP contribution < -0.4 is 10.6 Å². The van der Waals surface area contributed by atoms with Gasteiger partial charge in [0.25, 0.3) is 0 Å². The van der Waals surface area contributed by atoms with Crippen LogP contribution in [-0.2, 0) is 6.42 Å². The molecule has 3 N–H and O–H groups in total. The Bertz CT molecular complexity index is 357. The summed E-state index contributed by atoms with van der Waals surface area (Å²) >= 11 is 0. The average molecular weight is 252 g/mol. The lowest BCUT2D eigenvalue weighted by Gasteiger charge is -2.16. The van der Waals surface area contributed by atoms with Gasteiger partial charge in [0.05, 0.1) is 0 Å². The summed E-state index contributed by atoms with van der Waals surface area (Å²) in [5.74, 6) is 2.01. The summed E-state index contributed by atoms with van der Waals surface area (Å²) in [6, 6.07) is 0. The lowest BCUT2D eigenvalue weighted by molar-refractivity contribution is 0.244. The third kappa shape index (κ3) is 4.14. The molecule has 0 bridgehead atoms. The molecule has 0 aliphatic heterocycles. The van der Waals surface area contributed by atoms with E-state index >= 15 is 0 Å². The molecule has 1 aromatic rings. The van der Waals surface area contributed by atoms with Crippen LogP contribution in [0.5, 0.6) is 0 Å². The topological polar surface area (TPSA) is 70.1 Å². The highest BCUT2D eigenvalue weighted by Gasteiger charge is 2.10. The fourth-order valence-corrected chi connectivity index (χ4v) is 1.71. The average Bonchev–Trinajstić information content (AvgIpc) is 2.39. The quantitative estimate of drug-likeness (QED) is 0.659. The standard InChI is InChI=1S/C13H24N4O/c1-4-6-11-12(14-5-2)16-9-17-13(11)15-7-10(3)8-18/h9-10,18H,4-8H2,1-3H3,(H2,14,15,16,17). The minimum absolute atomic E-state index is 0.182. The predicted octanol–water partition coefficient (Wildman–Crippen LogP) is 1.90. The molecule has 0 amide bonds. The molecule has 1 heterocycles. The zero-order valence-electron chi connectivity index (χ0n) is 11.5. The summed E-state index contributed by atoms with van der Waals surface area (Å²) in [5.41, 5.74) is 1.13. The summed E-state index contributed by atoms with van der Waals surface area (Å²) in [6.07, 6.45) is 3.57. The van der Waals surface area contributed by atoms with Gasteiger partial charge < -0.3 is 15.7 Å². The van der Waals surface area contributed by atoms with Crippen molar-refractivity contribution in [2.24, 2.45) is 5.92 Å². The molecule has 102 valence electrons. The number of nitrogens with one attached hydrogen (secondary N) is 2. The minimum Gasteiger partial charge on any atom is -0.396 e. The second-order valence-corrected chi connectivity index (χ2v) is 4.50. The Balaban J connectivity index is 2.84. The first-order valence-electron chi connectivity index (χ1n) is 6.65. The van der Waals surface area contributed by atoms with Crippen LogP contribution in [0.15, 0.2) is 6.33 Å². The molecule has 0 aromatic carbocycles. The number of rotatable bonds is 8. The summed E-state index contributed by atoms with van der Waals surface area (Å²) in [5, 5.41) is 15.6. The van der Waals surface area contributed by atoms with Crippen LogP contribution in [0, 0.1) is 5.92 Å². The van der Waals surface area contributed by atoms with Gasteiger partial charge in [-0.05, 0) is 19.3 Å². The van der Waals surface area contributed by atoms with Gasteiger partial charge in [-0.25, -0.2) is 9.97 Å². The van der Waals surface area contributed by atoms with E-state index in [0.717, 1.165) is 43.1 Å². The molecule has 1 unspecified atom stereocenters. The molecule has 0 aliphatic carbocycles. The molecule has 1 atom stereocenters. The van der Waals surface area contributed by atoms with Gasteiger partial charge in [-0.1, -0.05) is 20.3 Å². The number of hydrogen-bond acceptors (Lipinski definition) is 5. The normalized spacial score (nSPS) is 12.2. The monoisotopic (exact) mass is 252 g/mol. The minimum atomic E-state index is 0.182. The molecular weight excluding hydrogens is 228 g/mol. The lowest BCUT2D eigenvalue weighted by atomic mass is 10.1. The number of aromatic nitrogens is 2. The van der Waals surface area contributed by atoms with Crippen LogP contribution in [0.25, 0.3) is 0 Å². The molecule has 0 saturated heterocycles. The van der Waals surface area contributed by atoms with E-state index in [-0.39, 0.29) is 12.5 Å². The predicted molar refractivity (Wildman–Crippen MR) is 74.9 cm³/mol. The van der Waals surface area contributed by atoms with Crippen molar-refractivity contribution >= 4 is 11.6 Å². The number of hydrogen-bond donors (Lipinski definition) is 3. The van der Waals surface area contributed by atoms with Crippen molar-refractivity contribution in [3.05, 3.63) is 11.9 Å². The largest absolute Gasteiger partial charge is 0.396 e. The van der Waals surface area contributed by atoms with Crippen LogP contribution in [-0.4, -0.2) is 34.8 Å². The Morgan fingerprint density at radius 1 is 1.22 bits per heavy atom. The van der Waals surface area contributed by atoms with Crippen LogP contribution in [0.3, 0.4) is 0 Å². The van der Waals surface area contributed by atoms with Crippen molar-refractivity contribution in [3.8, 4) is 0 Å². The zero-order chi connectivity index (χ0) is 13.4. The molecule has 0 radical (unpaired) electrons. The smallest absolute Gasteiger partial charge is 0.134 e. The van der Waals surface area contributed by atoms with E-state index in [2.05, 4.69) is 34.4 Å². The van der Waals surface area contributed by atoms with Crippen molar-refractivity contribution in [1.29, 1.82) is 0 Å². The molecule has 1 aromatic heterocycles. The van der Waals surface area contributed by atoms with Gasteiger partial charge in [0, 0.05) is 25.3 Å². The number of nitrogens with zero attached hydrogens (tertiary/aromatic N) is 2. The summed E-state index contributed by atoms with van der Waals surface area (Å²) < 4.78 is 0. The van der Waals surface area contributed by atoms with Gasteiger partial charge >= 0.3 is 0 Å². The second kappa shape index (κ2) is 7.87. The van der Waals surface area contributed by atoms with Crippen LogP contribution in [0.2, 0.25) is 0 Å². The molecule has 0 fully saturated rings. The highest BCUT2D eigenvalue weighted by molar-refractivity contribution is 5.57. The fraction of sp³-hybridized carbons (Fsp3) is 0.692. The van der Waals surface area contributed by atoms with E-state index < -0.39 is 0 Å². The molecule has 5 nitrogen and oxygen atoms in total. The van der Waals surface area contributed by atoms with Gasteiger partial charge in [-0.2, -0.15) is 0 Å². The molecule has 0 saturated carbocycles.